The lowest BCUT2D eigenvalue weighted by Gasteiger charge is -2.50. The summed E-state index contributed by atoms with van der Waals surface area (Å²) < 4.78 is 0. The predicted molar refractivity (Wildman–Crippen MR) is 72.1 cm³/mol. The minimum Gasteiger partial charge on any atom is -0.342 e. The predicted octanol–water partition coefficient (Wildman–Crippen LogP) is 2.08. The third kappa shape index (κ3) is 2.13. The molecule has 0 spiro atoms. The zero-order valence-electron chi connectivity index (χ0n) is 12.2. The number of hydrogen-bond acceptors (Lipinski definition) is 2. The zero-order valence-corrected chi connectivity index (χ0v) is 12.2. The molecule has 4 nitrogen and oxygen atoms in total. The van der Waals surface area contributed by atoms with Gasteiger partial charge < -0.3 is 10.2 Å². The summed E-state index contributed by atoms with van der Waals surface area (Å²) in [4.78, 5) is 26.8. The molecule has 1 N–H and O–H groups in total. The molecule has 1 aliphatic heterocycles. The fourth-order valence-corrected chi connectivity index (χ4v) is 2.85. The van der Waals surface area contributed by atoms with Gasteiger partial charge in [0, 0.05) is 6.04 Å². The SMILES string of the molecule is CCC1NC(=O)C(CC)(CC)N(C(C)CC)C1=O. The van der Waals surface area contributed by atoms with Crippen LogP contribution in [-0.4, -0.2) is 34.3 Å². The largest absolute Gasteiger partial charge is 0.342 e. The average molecular weight is 254 g/mol. The highest BCUT2D eigenvalue weighted by Crippen LogP contribution is 2.32. The Morgan fingerprint density at radius 3 is 2.17 bits per heavy atom. The summed E-state index contributed by atoms with van der Waals surface area (Å²) in [5.74, 6) is 0.0920. The maximum Gasteiger partial charge on any atom is 0.246 e. The van der Waals surface area contributed by atoms with Gasteiger partial charge in [0.25, 0.3) is 0 Å². The maximum atomic E-state index is 12.5. The molecule has 1 heterocycles. The monoisotopic (exact) mass is 254 g/mol. The molecule has 0 aromatic heterocycles. The fourth-order valence-electron chi connectivity index (χ4n) is 2.85. The van der Waals surface area contributed by atoms with E-state index in [0.717, 1.165) is 6.42 Å². The molecule has 2 amide bonds. The smallest absolute Gasteiger partial charge is 0.246 e. The number of amides is 2. The van der Waals surface area contributed by atoms with E-state index in [1.54, 1.807) is 0 Å². The number of nitrogens with zero attached hydrogens (tertiary/aromatic N) is 1. The molecule has 104 valence electrons. The van der Waals surface area contributed by atoms with Crippen LogP contribution in [0.15, 0.2) is 0 Å². The van der Waals surface area contributed by atoms with Crippen LogP contribution in [0.3, 0.4) is 0 Å². The third-order valence-electron chi connectivity index (χ3n) is 4.33. The molecule has 0 bridgehead atoms. The molecule has 0 saturated carbocycles. The molecule has 2 unspecified atom stereocenters. The van der Waals surface area contributed by atoms with Gasteiger partial charge in [0.15, 0.2) is 0 Å². The quantitative estimate of drug-likeness (QED) is 0.816. The minimum absolute atomic E-state index is 0.0132. The van der Waals surface area contributed by atoms with Crippen LogP contribution in [0.1, 0.15) is 60.3 Å². The van der Waals surface area contributed by atoms with Crippen molar-refractivity contribution in [3.8, 4) is 0 Å². The summed E-state index contributed by atoms with van der Waals surface area (Å²) >= 11 is 0. The van der Waals surface area contributed by atoms with Crippen molar-refractivity contribution in [2.45, 2.75) is 77.9 Å². The lowest BCUT2D eigenvalue weighted by atomic mass is 9.84. The molecule has 0 aromatic carbocycles. The van der Waals surface area contributed by atoms with E-state index in [9.17, 15) is 9.59 Å². The van der Waals surface area contributed by atoms with Crippen molar-refractivity contribution in [1.29, 1.82) is 0 Å². The van der Waals surface area contributed by atoms with Crippen LogP contribution in [0.5, 0.6) is 0 Å². The van der Waals surface area contributed by atoms with E-state index in [2.05, 4.69) is 12.2 Å². The van der Waals surface area contributed by atoms with Gasteiger partial charge in [-0.05, 0) is 32.6 Å². The van der Waals surface area contributed by atoms with Gasteiger partial charge in [0.05, 0.1) is 0 Å². The molecule has 18 heavy (non-hydrogen) atoms. The molecule has 0 aromatic rings. The lowest BCUT2D eigenvalue weighted by Crippen LogP contribution is -2.71. The first kappa shape index (κ1) is 15.0. The number of hydrogen-bond donors (Lipinski definition) is 1. The third-order valence-corrected chi connectivity index (χ3v) is 4.33. The number of nitrogens with one attached hydrogen (secondary N) is 1. The van der Waals surface area contributed by atoms with E-state index in [0.29, 0.717) is 19.3 Å². The van der Waals surface area contributed by atoms with Gasteiger partial charge >= 0.3 is 0 Å². The number of carbonyl (C=O) groups excluding carboxylic acids is 2. The van der Waals surface area contributed by atoms with E-state index in [4.69, 9.17) is 0 Å². The van der Waals surface area contributed by atoms with Crippen molar-refractivity contribution in [1.82, 2.24) is 10.2 Å². The highest BCUT2D eigenvalue weighted by molar-refractivity contribution is 5.99. The van der Waals surface area contributed by atoms with Crippen molar-refractivity contribution in [2.75, 3.05) is 0 Å². The Kier molecular flexibility index (Phi) is 4.77. The van der Waals surface area contributed by atoms with Gasteiger partial charge in [0.2, 0.25) is 11.8 Å². The minimum atomic E-state index is -0.655. The van der Waals surface area contributed by atoms with Crippen LogP contribution >= 0.6 is 0 Å². The highest BCUT2D eigenvalue weighted by atomic mass is 16.2. The molecule has 2 atom stereocenters. The Morgan fingerprint density at radius 1 is 1.22 bits per heavy atom. The number of rotatable bonds is 5. The summed E-state index contributed by atoms with van der Waals surface area (Å²) in [7, 11) is 0. The summed E-state index contributed by atoms with van der Waals surface area (Å²) in [5.41, 5.74) is -0.655. The fraction of sp³-hybridized carbons (Fsp3) is 0.857. The Hall–Kier alpha value is -1.06. The van der Waals surface area contributed by atoms with Gasteiger partial charge in [-0.3, -0.25) is 9.59 Å². The second-order valence-corrected chi connectivity index (χ2v) is 5.14. The molecule has 1 fully saturated rings. The number of carbonyl (C=O) groups is 2. The highest BCUT2D eigenvalue weighted by Gasteiger charge is 2.51. The second-order valence-electron chi connectivity index (χ2n) is 5.14. The van der Waals surface area contributed by atoms with Crippen LogP contribution < -0.4 is 5.32 Å². The molecule has 1 saturated heterocycles. The average Bonchev–Trinajstić information content (AvgIpc) is 2.39. The normalized spacial score (nSPS) is 24.9. The van der Waals surface area contributed by atoms with Crippen molar-refractivity contribution in [3.63, 3.8) is 0 Å². The van der Waals surface area contributed by atoms with Crippen LogP contribution in [-0.2, 0) is 9.59 Å². The van der Waals surface area contributed by atoms with Crippen molar-refractivity contribution < 1.29 is 9.59 Å². The van der Waals surface area contributed by atoms with Crippen molar-refractivity contribution in [2.24, 2.45) is 0 Å². The molecular weight excluding hydrogens is 228 g/mol. The Bertz CT molecular complexity index is 324. The Morgan fingerprint density at radius 2 is 1.78 bits per heavy atom. The molecule has 0 radical (unpaired) electrons. The topological polar surface area (TPSA) is 49.4 Å². The first-order chi connectivity index (χ1) is 8.48. The standard InChI is InChI=1S/C14H26N2O2/c1-6-10(5)16-12(17)11(7-2)15-13(18)14(16,8-3)9-4/h10-11H,6-9H2,1-5H3,(H,15,18). The lowest BCUT2D eigenvalue weighted by molar-refractivity contribution is -0.161. The van der Waals surface area contributed by atoms with E-state index in [-0.39, 0.29) is 23.9 Å². The first-order valence-electron chi connectivity index (χ1n) is 7.12. The summed E-state index contributed by atoms with van der Waals surface area (Å²) in [6, 6.07) is -0.241. The molecule has 4 heteroatoms. The molecule has 1 rings (SSSR count). The molecule has 1 aliphatic rings. The van der Waals surface area contributed by atoms with Crippen LogP contribution in [0.4, 0.5) is 0 Å². The summed E-state index contributed by atoms with van der Waals surface area (Å²) in [6.45, 7) is 9.99. The van der Waals surface area contributed by atoms with Gasteiger partial charge in [-0.15, -0.1) is 0 Å². The second kappa shape index (κ2) is 5.72. The Balaban J connectivity index is 3.21. The van der Waals surface area contributed by atoms with E-state index < -0.39 is 5.54 Å². The summed E-state index contributed by atoms with van der Waals surface area (Å²) in [6.07, 6.45) is 2.86. The maximum absolute atomic E-state index is 12.5. The number of piperazine rings is 1. The van der Waals surface area contributed by atoms with E-state index in [1.165, 1.54) is 0 Å². The van der Waals surface area contributed by atoms with Crippen LogP contribution in [0.2, 0.25) is 0 Å². The van der Waals surface area contributed by atoms with Crippen molar-refractivity contribution >= 4 is 11.8 Å². The van der Waals surface area contributed by atoms with Gasteiger partial charge in [-0.25, -0.2) is 0 Å². The first-order valence-corrected chi connectivity index (χ1v) is 7.12. The van der Waals surface area contributed by atoms with Crippen molar-refractivity contribution in [3.05, 3.63) is 0 Å². The van der Waals surface area contributed by atoms with Gasteiger partial charge in [-0.2, -0.15) is 0 Å². The molecular formula is C14H26N2O2. The van der Waals surface area contributed by atoms with Crippen LogP contribution in [0, 0.1) is 0 Å². The van der Waals surface area contributed by atoms with Gasteiger partial charge in [-0.1, -0.05) is 27.7 Å². The van der Waals surface area contributed by atoms with Gasteiger partial charge in [0.1, 0.15) is 11.6 Å². The summed E-state index contributed by atoms with van der Waals surface area (Å²) in [5, 5.41) is 2.89. The van der Waals surface area contributed by atoms with E-state index in [1.807, 2.05) is 32.6 Å². The Labute approximate surface area is 110 Å². The molecule has 0 aliphatic carbocycles. The van der Waals surface area contributed by atoms with E-state index >= 15 is 0 Å². The van der Waals surface area contributed by atoms with Crippen LogP contribution in [0.25, 0.3) is 0 Å². The zero-order chi connectivity index (χ0) is 13.9.